The van der Waals surface area contributed by atoms with Gasteiger partial charge in [-0.1, -0.05) is 36.4 Å². The van der Waals surface area contributed by atoms with Crippen LogP contribution in [0, 0.1) is 13.8 Å². The van der Waals surface area contributed by atoms with Crippen LogP contribution in [0.5, 0.6) is 11.5 Å². The fourth-order valence-electron chi connectivity index (χ4n) is 2.83. The molecule has 3 aromatic carbocycles. The molecule has 0 spiro atoms. The van der Waals surface area contributed by atoms with Gasteiger partial charge in [0.2, 0.25) is 0 Å². The molecule has 0 fully saturated rings. The van der Waals surface area contributed by atoms with E-state index in [2.05, 4.69) is 10.3 Å². The zero-order valence-electron chi connectivity index (χ0n) is 14.9. The van der Waals surface area contributed by atoms with E-state index in [0.29, 0.717) is 11.3 Å². The molecule has 26 heavy (non-hydrogen) atoms. The summed E-state index contributed by atoms with van der Waals surface area (Å²) in [6.45, 7) is 3.83. The molecule has 5 nitrogen and oxygen atoms in total. The first-order chi connectivity index (χ1) is 12.5. The summed E-state index contributed by atoms with van der Waals surface area (Å²) >= 11 is 0. The number of amides is 1. The quantitative estimate of drug-likeness (QED) is 0.678. The van der Waals surface area contributed by atoms with Crippen LogP contribution in [0.2, 0.25) is 0 Å². The van der Waals surface area contributed by atoms with Crippen LogP contribution < -0.4 is 10.1 Å². The van der Waals surface area contributed by atoms with Gasteiger partial charge in [0, 0.05) is 29.6 Å². The molecular weight excluding hydrogens is 328 g/mol. The summed E-state index contributed by atoms with van der Waals surface area (Å²) in [6, 6.07) is 14.8. The lowest BCUT2D eigenvalue weighted by Gasteiger charge is -2.12. The fraction of sp³-hybridized carbons (Fsp3) is 0.143. The molecule has 0 aromatic heterocycles. The third-order valence-corrected chi connectivity index (χ3v) is 4.20. The zero-order valence-corrected chi connectivity index (χ0v) is 14.9. The molecule has 0 aliphatic rings. The molecule has 0 aliphatic carbocycles. The average Bonchev–Trinajstić information content (AvgIpc) is 2.63. The Bertz CT molecular complexity index is 989. The van der Waals surface area contributed by atoms with Gasteiger partial charge in [-0.2, -0.15) is 0 Å². The number of ether oxygens (including phenoxy) is 1. The van der Waals surface area contributed by atoms with Crippen molar-refractivity contribution in [2.75, 3.05) is 7.05 Å². The Hall–Kier alpha value is -3.34. The molecule has 3 rings (SSSR count). The summed E-state index contributed by atoms with van der Waals surface area (Å²) in [5, 5.41) is 14.2. The summed E-state index contributed by atoms with van der Waals surface area (Å²) in [4.78, 5) is 16.2. The number of aromatic hydroxyl groups is 1. The van der Waals surface area contributed by atoms with Crippen LogP contribution in [0.4, 0.5) is 10.5 Å². The van der Waals surface area contributed by atoms with E-state index < -0.39 is 6.09 Å². The van der Waals surface area contributed by atoms with E-state index in [4.69, 9.17) is 4.74 Å². The van der Waals surface area contributed by atoms with Gasteiger partial charge in [-0.05, 0) is 37.1 Å². The number of benzene rings is 3. The highest BCUT2D eigenvalue weighted by Gasteiger charge is 2.12. The fourth-order valence-corrected chi connectivity index (χ4v) is 2.83. The maximum absolute atomic E-state index is 11.6. The average molecular weight is 348 g/mol. The van der Waals surface area contributed by atoms with Crippen molar-refractivity contribution < 1.29 is 14.6 Å². The number of phenols is 1. The van der Waals surface area contributed by atoms with Gasteiger partial charge in [0.15, 0.2) is 0 Å². The monoisotopic (exact) mass is 348 g/mol. The van der Waals surface area contributed by atoms with Crippen molar-refractivity contribution in [2.45, 2.75) is 13.8 Å². The molecule has 132 valence electrons. The van der Waals surface area contributed by atoms with Crippen molar-refractivity contribution in [3.05, 3.63) is 65.2 Å². The number of nitrogens with zero attached hydrogens (tertiary/aromatic N) is 1. The van der Waals surface area contributed by atoms with E-state index in [1.807, 2.05) is 44.2 Å². The topological polar surface area (TPSA) is 70.9 Å². The highest BCUT2D eigenvalue weighted by Crippen LogP contribution is 2.36. The Balaban J connectivity index is 2.13. The number of carbonyl (C=O) groups is 1. The Morgan fingerprint density at radius 3 is 2.50 bits per heavy atom. The summed E-state index contributed by atoms with van der Waals surface area (Å²) in [6.07, 6.45) is 1.15. The van der Waals surface area contributed by atoms with Crippen LogP contribution in [-0.2, 0) is 0 Å². The number of carbonyl (C=O) groups excluding carboxylic acids is 1. The summed E-state index contributed by atoms with van der Waals surface area (Å²) < 4.78 is 5.37. The van der Waals surface area contributed by atoms with Crippen molar-refractivity contribution in [3.8, 4) is 11.5 Å². The summed E-state index contributed by atoms with van der Waals surface area (Å²) in [7, 11) is 1.52. The Morgan fingerprint density at radius 2 is 1.81 bits per heavy atom. The highest BCUT2D eigenvalue weighted by atomic mass is 16.6. The second kappa shape index (κ2) is 7.27. The third kappa shape index (κ3) is 3.37. The van der Waals surface area contributed by atoms with Gasteiger partial charge in [-0.25, -0.2) is 4.79 Å². The van der Waals surface area contributed by atoms with Crippen LogP contribution in [0.25, 0.3) is 10.8 Å². The predicted molar refractivity (Wildman–Crippen MR) is 104 cm³/mol. The molecule has 0 unspecified atom stereocenters. The van der Waals surface area contributed by atoms with Crippen LogP contribution in [0.1, 0.15) is 16.7 Å². The smallest absolute Gasteiger partial charge is 0.412 e. The summed E-state index contributed by atoms with van der Waals surface area (Å²) in [5.74, 6) is 0.672. The van der Waals surface area contributed by atoms with E-state index in [-0.39, 0.29) is 5.75 Å². The highest BCUT2D eigenvalue weighted by molar-refractivity contribution is 6.01. The van der Waals surface area contributed by atoms with E-state index in [0.717, 1.165) is 27.6 Å². The molecule has 0 saturated carbocycles. The molecule has 0 saturated heterocycles. The van der Waals surface area contributed by atoms with Crippen LogP contribution >= 0.6 is 0 Å². The van der Waals surface area contributed by atoms with E-state index >= 15 is 0 Å². The number of aliphatic imine (C=N–C) groups is 1. The molecule has 2 N–H and O–H groups in total. The SMILES string of the molecule is CNC(=O)Oc1cc(C)c(/N=C/c2c(C)cccc2O)c2ccccc12. The van der Waals surface area contributed by atoms with Gasteiger partial charge >= 0.3 is 6.09 Å². The summed E-state index contributed by atoms with van der Waals surface area (Å²) in [5.41, 5.74) is 3.26. The van der Waals surface area contributed by atoms with Crippen LogP contribution in [0.3, 0.4) is 0 Å². The molecule has 1 amide bonds. The predicted octanol–water partition coefficient (Wildman–Crippen LogP) is 4.63. The Kier molecular flexibility index (Phi) is 4.89. The maximum Gasteiger partial charge on any atom is 0.412 e. The Morgan fingerprint density at radius 1 is 1.08 bits per heavy atom. The normalized spacial score (nSPS) is 11.0. The minimum absolute atomic E-state index is 0.190. The lowest BCUT2D eigenvalue weighted by atomic mass is 10.0. The van der Waals surface area contributed by atoms with E-state index in [1.54, 1.807) is 24.4 Å². The number of hydrogen-bond acceptors (Lipinski definition) is 4. The third-order valence-electron chi connectivity index (χ3n) is 4.20. The van der Waals surface area contributed by atoms with Crippen molar-refractivity contribution in [1.29, 1.82) is 0 Å². The number of rotatable bonds is 3. The van der Waals surface area contributed by atoms with Crippen molar-refractivity contribution in [1.82, 2.24) is 5.32 Å². The molecule has 0 bridgehead atoms. The minimum Gasteiger partial charge on any atom is -0.507 e. The van der Waals surface area contributed by atoms with Crippen molar-refractivity contribution >= 4 is 28.8 Å². The van der Waals surface area contributed by atoms with Gasteiger partial charge < -0.3 is 15.2 Å². The molecule has 0 aliphatic heterocycles. The number of aryl methyl sites for hydroxylation is 2. The van der Waals surface area contributed by atoms with Crippen LogP contribution in [0.15, 0.2) is 53.5 Å². The largest absolute Gasteiger partial charge is 0.507 e. The maximum atomic E-state index is 11.6. The number of fused-ring (bicyclic) bond motifs is 1. The first-order valence-electron chi connectivity index (χ1n) is 8.26. The van der Waals surface area contributed by atoms with Crippen molar-refractivity contribution in [3.63, 3.8) is 0 Å². The second-order valence-electron chi connectivity index (χ2n) is 5.99. The van der Waals surface area contributed by atoms with E-state index in [9.17, 15) is 9.90 Å². The molecule has 5 heteroatoms. The first kappa shape index (κ1) is 17.5. The zero-order chi connectivity index (χ0) is 18.7. The Labute approximate surface area is 152 Å². The van der Waals surface area contributed by atoms with Crippen LogP contribution in [-0.4, -0.2) is 24.5 Å². The van der Waals surface area contributed by atoms with Crippen molar-refractivity contribution in [2.24, 2.45) is 4.99 Å². The second-order valence-corrected chi connectivity index (χ2v) is 5.99. The lowest BCUT2D eigenvalue weighted by Crippen LogP contribution is -2.22. The molecular formula is C21H20N2O3. The van der Waals surface area contributed by atoms with Gasteiger partial charge in [-0.15, -0.1) is 0 Å². The van der Waals surface area contributed by atoms with Gasteiger partial charge in [0.05, 0.1) is 5.69 Å². The van der Waals surface area contributed by atoms with Gasteiger partial charge in [0.25, 0.3) is 0 Å². The molecule has 0 radical (unpaired) electrons. The minimum atomic E-state index is -0.518. The molecule has 0 atom stereocenters. The first-order valence-corrected chi connectivity index (χ1v) is 8.26. The lowest BCUT2D eigenvalue weighted by molar-refractivity contribution is 0.203. The van der Waals surface area contributed by atoms with Gasteiger partial charge in [0.1, 0.15) is 11.5 Å². The number of nitrogens with one attached hydrogen (secondary N) is 1. The van der Waals surface area contributed by atoms with E-state index in [1.165, 1.54) is 7.05 Å². The molecule has 3 aromatic rings. The van der Waals surface area contributed by atoms with Gasteiger partial charge in [-0.3, -0.25) is 4.99 Å². The number of hydrogen-bond donors (Lipinski definition) is 2. The number of phenolic OH excluding ortho intramolecular Hbond substituents is 1. The molecule has 0 heterocycles. The standard InChI is InChI=1S/C21H20N2O3/c1-13-7-6-10-18(24)17(13)12-23-20-14(2)11-19(26-21(25)22-3)15-8-4-5-9-16(15)20/h4-12,24H,1-3H3,(H,22,25)/b23-12+.